The first kappa shape index (κ1) is 26.9. The molecular weight excluding hydrogens is 536 g/mol. The van der Waals surface area contributed by atoms with Crippen LogP contribution in [0.3, 0.4) is 0 Å². The Morgan fingerprint density at radius 3 is 2.72 bits per heavy atom. The predicted molar refractivity (Wildman–Crippen MR) is 141 cm³/mol. The molecule has 0 spiro atoms. The Bertz CT molecular complexity index is 1620. The van der Waals surface area contributed by atoms with Gasteiger partial charge in [0.15, 0.2) is 12.3 Å². The van der Waals surface area contributed by atoms with Crippen LogP contribution in [0.2, 0.25) is 5.28 Å². The van der Waals surface area contributed by atoms with Gasteiger partial charge in [0.1, 0.15) is 11.3 Å². The van der Waals surface area contributed by atoms with Crippen molar-refractivity contribution in [2.75, 3.05) is 13.2 Å². The third-order valence-electron chi connectivity index (χ3n) is 7.17. The molecule has 4 aromatic rings. The molecule has 0 amide bonds. The molecule has 1 aliphatic rings. The zero-order valence-electron chi connectivity index (χ0n) is 21.2. The number of pyridine rings is 1. The summed E-state index contributed by atoms with van der Waals surface area (Å²) in [7, 11) is 1.65. The van der Waals surface area contributed by atoms with E-state index in [1.807, 2.05) is 0 Å². The van der Waals surface area contributed by atoms with Gasteiger partial charge < -0.3 is 10.1 Å². The zero-order chi connectivity index (χ0) is 27.9. The molecular formula is C25H26ClF2N7O4. The van der Waals surface area contributed by atoms with E-state index in [-0.39, 0.29) is 34.5 Å². The highest BCUT2D eigenvalue weighted by Gasteiger charge is 2.33. The van der Waals surface area contributed by atoms with Gasteiger partial charge in [0.2, 0.25) is 5.28 Å². The lowest BCUT2D eigenvalue weighted by Crippen LogP contribution is -2.44. The molecule has 3 heterocycles. The Balaban J connectivity index is 1.20. The number of nitrogens with zero attached hydrogens (tertiary/aromatic N) is 6. The predicted octanol–water partition coefficient (Wildman–Crippen LogP) is 4.34. The van der Waals surface area contributed by atoms with Gasteiger partial charge in [-0.2, -0.15) is 4.98 Å². The summed E-state index contributed by atoms with van der Waals surface area (Å²) >= 11 is 5.95. The largest absolute Gasteiger partial charge is 0.486 e. The summed E-state index contributed by atoms with van der Waals surface area (Å²) in [5, 5.41) is 14.6. The first-order valence-corrected chi connectivity index (χ1v) is 12.8. The molecule has 0 bridgehead atoms. The number of halogens is 3. The van der Waals surface area contributed by atoms with E-state index in [2.05, 4.69) is 20.3 Å². The quantitative estimate of drug-likeness (QED) is 0.191. The lowest BCUT2D eigenvalue weighted by Gasteiger charge is -2.30. The number of nitrogens with one attached hydrogen (secondary N) is 1. The lowest BCUT2D eigenvalue weighted by atomic mass is 9.91. The topological polar surface area (TPSA) is 130 Å². The summed E-state index contributed by atoms with van der Waals surface area (Å²) in [5.41, 5.74) is 1.54. The Kier molecular flexibility index (Phi) is 7.21. The fraction of sp³-hybridized carbons (Fsp3) is 0.440. The molecule has 1 saturated carbocycles. The van der Waals surface area contributed by atoms with Crippen LogP contribution in [0.5, 0.6) is 5.75 Å². The second-order valence-electron chi connectivity index (χ2n) is 9.81. The molecule has 0 atom stereocenters. The third-order valence-corrected chi connectivity index (χ3v) is 7.35. The SMILES string of the molecule is Cc1cc2nccc(OCC(F)(F)CNC3CCC(n4c(=O)n(C)c5cnc(Cl)nc54)CC3)c2cc1[N+](=O)[O-]. The first-order chi connectivity index (χ1) is 18.5. The highest BCUT2D eigenvalue weighted by Crippen LogP contribution is 2.32. The number of imidazole rings is 1. The van der Waals surface area contributed by atoms with Crippen LogP contribution in [0.15, 0.2) is 35.4 Å². The molecule has 39 heavy (non-hydrogen) atoms. The number of aromatic nitrogens is 5. The van der Waals surface area contributed by atoms with E-state index in [4.69, 9.17) is 16.3 Å². The first-order valence-electron chi connectivity index (χ1n) is 12.4. The molecule has 1 fully saturated rings. The molecule has 1 aliphatic carbocycles. The zero-order valence-corrected chi connectivity index (χ0v) is 22.0. The maximum atomic E-state index is 14.8. The van der Waals surface area contributed by atoms with E-state index >= 15 is 0 Å². The number of hydrogen-bond acceptors (Lipinski definition) is 8. The van der Waals surface area contributed by atoms with Crippen LogP contribution >= 0.6 is 11.6 Å². The van der Waals surface area contributed by atoms with E-state index in [0.29, 0.717) is 53.3 Å². The number of rotatable bonds is 8. The monoisotopic (exact) mass is 561 g/mol. The highest BCUT2D eigenvalue weighted by atomic mass is 35.5. The van der Waals surface area contributed by atoms with E-state index in [1.54, 1.807) is 18.5 Å². The van der Waals surface area contributed by atoms with Gasteiger partial charge in [0, 0.05) is 42.3 Å². The normalized spacial score (nSPS) is 18.1. The molecule has 206 valence electrons. The summed E-state index contributed by atoms with van der Waals surface area (Å²) in [6.07, 6.45) is 5.35. The third kappa shape index (κ3) is 5.41. The fourth-order valence-corrected chi connectivity index (χ4v) is 5.22. The molecule has 0 saturated heterocycles. The average Bonchev–Trinajstić information content (AvgIpc) is 3.14. The second-order valence-corrected chi connectivity index (χ2v) is 10.2. The van der Waals surface area contributed by atoms with Gasteiger partial charge in [-0.1, -0.05) is 0 Å². The van der Waals surface area contributed by atoms with Gasteiger partial charge in [-0.05, 0) is 56.3 Å². The van der Waals surface area contributed by atoms with Crippen molar-refractivity contribution in [2.24, 2.45) is 7.05 Å². The van der Waals surface area contributed by atoms with E-state index in [0.717, 1.165) is 0 Å². The van der Waals surface area contributed by atoms with E-state index < -0.39 is 24.0 Å². The maximum absolute atomic E-state index is 14.8. The number of alkyl halides is 2. The van der Waals surface area contributed by atoms with Gasteiger partial charge in [-0.25, -0.2) is 18.6 Å². The van der Waals surface area contributed by atoms with Crippen LogP contribution in [0.4, 0.5) is 14.5 Å². The summed E-state index contributed by atoms with van der Waals surface area (Å²) in [6, 6.07) is 3.97. The second kappa shape index (κ2) is 10.5. The van der Waals surface area contributed by atoms with Crippen molar-refractivity contribution in [2.45, 2.75) is 50.6 Å². The maximum Gasteiger partial charge on any atom is 0.330 e. The Hall–Kier alpha value is -3.71. The number of hydrogen-bond donors (Lipinski definition) is 1. The number of fused-ring (bicyclic) bond motifs is 2. The van der Waals surface area contributed by atoms with Crippen molar-refractivity contribution in [3.05, 3.63) is 62.0 Å². The highest BCUT2D eigenvalue weighted by molar-refractivity contribution is 6.28. The van der Waals surface area contributed by atoms with Crippen LogP contribution in [-0.4, -0.2) is 54.1 Å². The molecule has 0 unspecified atom stereocenters. The minimum atomic E-state index is -3.19. The Morgan fingerprint density at radius 1 is 1.26 bits per heavy atom. The summed E-state index contributed by atoms with van der Waals surface area (Å²) in [4.78, 5) is 35.9. The molecule has 0 radical (unpaired) electrons. The van der Waals surface area contributed by atoms with Crippen LogP contribution in [0, 0.1) is 17.0 Å². The van der Waals surface area contributed by atoms with Crippen molar-refractivity contribution >= 4 is 39.4 Å². The average molecular weight is 562 g/mol. The number of aryl methyl sites for hydroxylation is 2. The summed E-state index contributed by atoms with van der Waals surface area (Å²) in [5.74, 6) is -3.09. The smallest absolute Gasteiger partial charge is 0.330 e. The molecule has 5 rings (SSSR count). The van der Waals surface area contributed by atoms with Gasteiger partial charge in [0.25, 0.3) is 11.6 Å². The van der Waals surface area contributed by atoms with Gasteiger partial charge in [-0.3, -0.25) is 24.2 Å². The fourth-order valence-electron chi connectivity index (χ4n) is 5.09. The van der Waals surface area contributed by atoms with Crippen molar-refractivity contribution in [3.8, 4) is 5.75 Å². The van der Waals surface area contributed by atoms with Crippen LogP contribution < -0.4 is 15.7 Å². The van der Waals surface area contributed by atoms with Crippen molar-refractivity contribution in [1.82, 2.24) is 29.4 Å². The molecule has 1 aromatic carbocycles. The minimum Gasteiger partial charge on any atom is -0.486 e. The van der Waals surface area contributed by atoms with E-state index in [1.165, 1.54) is 35.2 Å². The van der Waals surface area contributed by atoms with Gasteiger partial charge in [-0.15, -0.1) is 0 Å². The summed E-state index contributed by atoms with van der Waals surface area (Å²) < 4.78 is 38.0. The van der Waals surface area contributed by atoms with Crippen LogP contribution in [-0.2, 0) is 7.05 Å². The number of nitro benzene ring substituents is 1. The van der Waals surface area contributed by atoms with Crippen molar-refractivity contribution < 1.29 is 18.4 Å². The van der Waals surface area contributed by atoms with Gasteiger partial charge in [0.05, 0.1) is 23.2 Å². The van der Waals surface area contributed by atoms with E-state index in [9.17, 15) is 23.7 Å². The molecule has 14 heteroatoms. The Labute approximate surface area is 225 Å². The lowest BCUT2D eigenvalue weighted by molar-refractivity contribution is -0.385. The van der Waals surface area contributed by atoms with Gasteiger partial charge >= 0.3 is 5.69 Å². The standard InChI is InChI=1S/C25H26ClF2N7O4/c1-14-9-18-17(10-19(14)35(37)38)21(7-8-29-18)39-13-25(27,28)12-31-15-3-5-16(6-4-15)34-22-20(33(2)24(34)36)11-30-23(26)32-22/h7-11,15-16,31H,3-6,12-13H2,1-2H3. The van der Waals surface area contributed by atoms with Crippen molar-refractivity contribution in [1.29, 1.82) is 0 Å². The summed E-state index contributed by atoms with van der Waals surface area (Å²) in [6.45, 7) is 0.0913. The minimum absolute atomic E-state index is 0.0507. The van der Waals surface area contributed by atoms with Crippen LogP contribution in [0.25, 0.3) is 22.1 Å². The number of ether oxygens (including phenoxy) is 1. The molecule has 11 nitrogen and oxygen atoms in total. The van der Waals surface area contributed by atoms with Crippen LogP contribution in [0.1, 0.15) is 37.3 Å². The number of nitro groups is 1. The van der Waals surface area contributed by atoms with Crippen molar-refractivity contribution in [3.63, 3.8) is 0 Å². The molecule has 3 aromatic heterocycles. The molecule has 0 aliphatic heterocycles. The number of benzene rings is 1. The Morgan fingerprint density at radius 2 is 2.00 bits per heavy atom. The molecule has 1 N–H and O–H groups in total.